The average molecular weight is 533 g/mol. The highest BCUT2D eigenvalue weighted by Gasteiger charge is 2.84. The second kappa shape index (κ2) is 7.31. The summed E-state index contributed by atoms with van der Waals surface area (Å²) in [5.41, 5.74) is -2.76. The van der Waals surface area contributed by atoms with E-state index in [4.69, 9.17) is 11.6 Å². The lowest BCUT2D eigenvalue weighted by molar-refractivity contribution is -0.0278. The SMILES string of the molecule is O=c1[nH]c2c(S(=O)(=O)c3ccc4cnn(CCC5C(F)(F)C5(F)F)c4c3)ccc(Cl)c2c(=O)n1O. The Balaban J connectivity index is 1.59. The first-order valence-electron chi connectivity index (χ1n) is 9.91. The van der Waals surface area contributed by atoms with Crippen LogP contribution in [0.2, 0.25) is 5.02 Å². The molecule has 0 unspecified atom stereocenters. The van der Waals surface area contributed by atoms with Gasteiger partial charge >= 0.3 is 17.5 Å². The molecular weight excluding hydrogens is 520 g/mol. The van der Waals surface area contributed by atoms with Crippen molar-refractivity contribution in [1.82, 2.24) is 19.5 Å². The first-order valence-corrected chi connectivity index (χ1v) is 11.8. The van der Waals surface area contributed by atoms with Gasteiger partial charge in [-0.1, -0.05) is 16.3 Å². The number of alkyl halides is 4. The zero-order valence-corrected chi connectivity index (χ0v) is 18.7. The molecule has 0 amide bonds. The van der Waals surface area contributed by atoms with Crippen molar-refractivity contribution in [2.24, 2.45) is 5.92 Å². The van der Waals surface area contributed by atoms with Gasteiger partial charge < -0.3 is 10.2 Å². The summed E-state index contributed by atoms with van der Waals surface area (Å²) in [5, 5.41) is 13.3. The van der Waals surface area contributed by atoms with Crippen molar-refractivity contribution in [2.45, 2.75) is 34.6 Å². The summed E-state index contributed by atoms with van der Waals surface area (Å²) >= 11 is 5.98. The maximum Gasteiger partial charge on any atom is 0.362 e. The molecule has 1 aliphatic rings. The summed E-state index contributed by atoms with van der Waals surface area (Å²) in [6, 6.07) is 5.95. The summed E-state index contributed by atoms with van der Waals surface area (Å²) in [6.45, 7) is -0.309. The van der Waals surface area contributed by atoms with Crippen molar-refractivity contribution in [2.75, 3.05) is 0 Å². The van der Waals surface area contributed by atoms with Gasteiger partial charge in [-0.25, -0.2) is 13.2 Å². The molecule has 0 spiro atoms. The number of benzene rings is 2. The first-order chi connectivity index (χ1) is 16.3. The Hall–Kier alpha value is -3.39. The molecule has 0 radical (unpaired) electrons. The Morgan fingerprint density at radius 2 is 1.80 bits per heavy atom. The van der Waals surface area contributed by atoms with Crippen LogP contribution in [0.3, 0.4) is 0 Å². The van der Waals surface area contributed by atoms with Crippen LogP contribution in [0.25, 0.3) is 21.8 Å². The lowest BCUT2D eigenvalue weighted by atomic mass is 10.2. The van der Waals surface area contributed by atoms with Crippen molar-refractivity contribution in [1.29, 1.82) is 0 Å². The van der Waals surface area contributed by atoms with Gasteiger partial charge in [0.2, 0.25) is 9.84 Å². The Morgan fingerprint density at radius 3 is 2.46 bits per heavy atom. The number of nitrogens with one attached hydrogen (secondary N) is 1. The molecule has 5 rings (SSSR count). The molecule has 15 heteroatoms. The topological polar surface area (TPSA) is 127 Å². The van der Waals surface area contributed by atoms with E-state index in [-0.39, 0.29) is 26.7 Å². The van der Waals surface area contributed by atoms with Crippen LogP contribution in [0.4, 0.5) is 17.6 Å². The normalized spacial score (nSPS) is 17.3. The van der Waals surface area contributed by atoms with E-state index in [1.165, 1.54) is 24.4 Å². The van der Waals surface area contributed by atoms with E-state index in [0.717, 1.165) is 16.8 Å². The second-order valence-corrected chi connectivity index (χ2v) is 10.3. The highest BCUT2D eigenvalue weighted by Crippen LogP contribution is 2.64. The number of fused-ring (bicyclic) bond motifs is 2. The van der Waals surface area contributed by atoms with Gasteiger partial charge in [0.25, 0.3) is 5.56 Å². The fourth-order valence-corrected chi connectivity index (χ4v) is 5.69. The second-order valence-electron chi connectivity index (χ2n) is 8.02. The largest absolute Gasteiger partial charge is 0.421 e. The molecule has 4 aromatic rings. The fraction of sp³-hybridized carbons (Fsp3) is 0.250. The molecule has 2 N–H and O–H groups in total. The first kappa shape index (κ1) is 23.4. The van der Waals surface area contributed by atoms with E-state index in [1.807, 2.05) is 0 Å². The Labute approximate surface area is 197 Å². The minimum absolute atomic E-state index is 0.183. The fourth-order valence-electron chi connectivity index (χ4n) is 4.01. The summed E-state index contributed by atoms with van der Waals surface area (Å²) in [6.07, 6.45) is 0.748. The van der Waals surface area contributed by atoms with Crippen molar-refractivity contribution in [3.05, 3.63) is 62.4 Å². The number of hydrogen-bond donors (Lipinski definition) is 2. The van der Waals surface area contributed by atoms with E-state index in [9.17, 15) is 40.8 Å². The number of nitrogens with zero attached hydrogens (tertiary/aromatic N) is 3. The third kappa shape index (κ3) is 3.26. The van der Waals surface area contributed by atoms with Gasteiger partial charge in [-0.05, 0) is 36.8 Å². The Morgan fingerprint density at radius 1 is 1.11 bits per heavy atom. The highest BCUT2D eigenvalue weighted by molar-refractivity contribution is 7.91. The van der Waals surface area contributed by atoms with Crippen LogP contribution >= 0.6 is 11.6 Å². The molecule has 9 nitrogen and oxygen atoms in total. The van der Waals surface area contributed by atoms with Crippen LogP contribution in [-0.2, 0) is 16.4 Å². The van der Waals surface area contributed by atoms with Crippen LogP contribution < -0.4 is 11.2 Å². The Kier molecular flexibility index (Phi) is 4.88. The van der Waals surface area contributed by atoms with Gasteiger partial charge in [0.15, 0.2) is 0 Å². The highest BCUT2D eigenvalue weighted by atomic mass is 35.5. The molecule has 2 heterocycles. The van der Waals surface area contributed by atoms with E-state index in [1.54, 1.807) is 0 Å². The number of H-pyrrole nitrogens is 1. The molecule has 0 aliphatic heterocycles. The third-order valence-electron chi connectivity index (χ3n) is 6.03. The maximum atomic E-state index is 13.4. The third-order valence-corrected chi connectivity index (χ3v) is 8.14. The number of aromatic amines is 1. The van der Waals surface area contributed by atoms with Crippen molar-refractivity contribution >= 4 is 43.2 Å². The summed E-state index contributed by atoms with van der Waals surface area (Å²) < 4.78 is 80.7. The van der Waals surface area contributed by atoms with E-state index in [0.29, 0.717) is 5.39 Å². The smallest absolute Gasteiger partial charge is 0.362 e. The van der Waals surface area contributed by atoms with Crippen LogP contribution in [0.1, 0.15) is 6.42 Å². The molecule has 0 saturated heterocycles. The van der Waals surface area contributed by atoms with Crippen molar-refractivity contribution in [3.8, 4) is 0 Å². The molecule has 2 aromatic carbocycles. The minimum Gasteiger partial charge on any atom is -0.421 e. The molecule has 2 aromatic heterocycles. The number of hydrogen-bond acceptors (Lipinski definition) is 6. The predicted octanol–water partition coefficient (Wildman–Crippen LogP) is 3.05. The maximum absolute atomic E-state index is 13.4. The number of aryl methyl sites for hydroxylation is 1. The van der Waals surface area contributed by atoms with E-state index in [2.05, 4.69) is 10.1 Å². The van der Waals surface area contributed by atoms with Gasteiger partial charge in [0.1, 0.15) is 5.92 Å². The minimum atomic E-state index is -4.41. The standard InChI is InChI=1S/C20H13ClF4N4O5S/c21-11-3-4-13(16-15(11)17(30)29(32)18(31)27-16)35(33,34)10-2-1-9-8-26-28(12(9)7-10)6-5-14-19(22,23)20(14,24)25/h1-4,7-8,14,32H,5-6H2,(H,27,31). The van der Waals surface area contributed by atoms with Crippen LogP contribution in [0, 0.1) is 5.92 Å². The quantitative estimate of drug-likeness (QED) is 0.300. The van der Waals surface area contributed by atoms with Crippen LogP contribution in [-0.4, -0.2) is 45.0 Å². The molecular formula is C20H13ClF4N4O5S. The number of aromatic nitrogens is 4. The molecule has 1 fully saturated rings. The summed E-state index contributed by atoms with van der Waals surface area (Å²) in [7, 11) is -4.41. The summed E-state index contributed by atoms with van der Waals surface area (Å²) in [5.74, 6) is -10.3. The van der Waals surface area contributed by atoms with Crippen LogP contribution in [0.5, 0.6) is 0 Å². The zero-order chi connectivity index (χ0) is 25.5. The van der Waals surface area contributed by atoms with Crippen LogP contribution in [0.15, 0.2) is 55.9 Å². The van der Waals surface area contributed by atoms with E-state index >= 15 is 0 Å². The lowest BCUT2D eigenvalue weighted by Gasteiger charge is -2.10. The van der Waals surface area contributed by atoms with Crippen molar-refractivity contribution in [3.63, 3.8) is 0 Å². The molecule has 0 bridgehead atoms. The molecule has 35 heavy (non-hydrogen) atoms. The van der Waals surface area contributed by atoms with Gasteiger partial charge in [0.05, 0.1) is 37.4 Å². The molecule has 184 valence electrons. The number of sulfone groups is 1. The number of rotatable bonds is 5. The lowest BCUT2D eigenvalue weighted by Crippen LogP contribution is -2.33. The Bertz CT molecular complexity index is 1750. The summed E-state index contributed by atoms with van der Waals surface area (Å²) in [4.78, 5) is 25.5. The van der Waals surface area contributed by atoms with Gasteiger partial charge in [-0.2, -0.15) is 22.7 Å². The van der Waals surface area contributed by atoms with Gasteiger partial charge in [0, 0.05) is 11.9 Å². The van der Waals surface area contributed by atoms with Gasteiger partial charge in [-0.3, -0.25) is 9.48 Å². The molecule has 0 atom stereocenters. The van der Waals surface area contributed by atoms with Crippen molar-refractivity contribution < 1.29 is 31.2 Å². The zero-order valence-electron chi connectivity index (χ0n) is 17.2. The van der Waals surface area contributed by atoms with Gasteiger partial charge in [-0.15, -0.1) is 0 Å². The average Bonchev–Trinajstić information content (AvgIpc) is 3.05. The predicted molar refractivity (Wildman–Crippen MR) is 114 cm³/mol. The number of halogens is 5. The van der Waals surface area contributed by atoms with E-state index < -0.39 is 61.1 Å². The molecule has 1 saturated carbocycles. The monoisotopic (exact) mass is 532 g/mol. The molecule has 1 aliphatic carbocycles.